The van der Waals surface area contributed by atoms with Crippen molar-refractivity contribution in [1.29, 1.82) is 0 Å². The number of sulfonamides is 1. The summed E-state index contributed by atoms with van der Waals surface area (Å²) < 4.78 is 30.1. The van der Waals surface area contributed by atoms with E-state index in [2.05, 4.69) is 16.9 Å². The second kappa shape index (κ2) is 4.73. The van der Waals surface area contributed by atoms with Crippen molar-refractivity contribution < 1.29 is 12.8 Å². The minimum absolute atomic E-state index is 0.0573. The van der Waals surface area contributed by atoms with Crippen molar-refractivity contribution in [2.24, 2.45) is 5.73 Å². The first-order chi connectivity index (χ1) is 6.89. The lowest BCUT2D eigenvalue weighted by atomic mass is 10.4. The molecule has 0 bridgehead atoms. The Hall–Kier alpha value is -0.920. The zero-order valence-corrected chi connectivity index (χ0v) is 9.82. The highest BCUT2D eigenvalue weighted by molar-refractivity contribution is 7.92. The molecule has 0 atom stereocenters. The predicted molar refractivity (Wildman–Crippen MR) is 60.9 cm³/mol. The maximum Gasteiger partial charge on any atom is 0.218 e. The number of furan rings is 1. The van der Waals surface area contributed by atoms with Crippen molar-refractivity contribution in [1.82, 2.24) is 4.72 Å². The lowest BCUT2D eigenvalue weighted by Crippen LogP contribution is -2.31. The average Bonchev–Trinajstić information content (AvgIpc) is 2.46. The third-order valence-electron chi connectivity index (χ3n) is 1.59. The maximum atomic E-state index is 11.3. The van der Waals surface area contributed by atoms with Gasteiger partial charge in [-0.2, -0.15) is 0 Å². The monoisotopic (exact) mass is 248 g/mol. The first-order valence-electron chi connectivity index (χ1n) is 4.20. The predicted octanol–water partition coefficient (Wildman–Crippen LogP) is 0.294. The van der Waals surface area contributed by atoms with E-state index in [1.807, 2.05) is 0 Å². The summed E-state index contributed by atoms with van der Waals surface area (Å²) in [5, 5.41) is 0. The van der Waals surface area contributed by atoms with E-state index in [0.29, 0.717) is 5.76 Å². The highest BCUT2D eigenvalue weighted by Gasteiger charge is 2.12. The molecule has 1 heterocycles. The molecule has 84 valence electrons. The third kappa shape index (κ3) is 4.41. The molecule has 0 aliphatic rings. The molecule has 7 heteroatoms. The van der Waals surface area contributed by atoms with Gasteiger partial charge in [-0.3, -0.25) is 0 Å². The fraction of sp³-hybridized carbons (Fsp3) is 0.375. The zero-order chi connectivity index (χ0) is 11.5. The molecule has 0 fully saturated rings. The number of nitrogens with one attached hydrogen (secondary N) is 1. The van der Waals surface area contributed by atoms with Gasteiger partial charge in [0.05, 0.1) is 11.5 Å². The second-order valence-corrected chi connectivity index (χ2v) is 5.39. The molecule has 1 rings (SSSR count). The van der Waals surface area contributed by atoms with E-state index in [1.165, 1.54) is 0 Å². The molecule has 0 aromatic carbocycles. The zero-order valence-electron chi connectivity index (χ0n) is 8.19. The lowest BCUT2D eigenvalue weighted by Gasteiger charge is -2.03. The summed E-state index contributed by atoms with van der Waals surface area (Å²) in [6.07, 6.45) is 0. The normalized spacial score (nSPS) is 11.5. The van der Waals surface area contributed by atoms with Gasteiger partial charge in [-0.1, -0.05) is 12.2 Å². The summed E-state index contributed by atoms with van der Waals surface area (Å²) in [5.41, 5.74) is 5.14. The van der Waals surface area contributed by atoms with Gasteiger partial charge >= 0.3 is 0 Å². The maximum absolute atomic E-state index is 11.3. The SMILES string of the molecule is Cc1ccc(CNS(=O)(=O)CC(N)=S)o1. The summed E-state index contributed by atoms with van der Waals surface area (Å²) in [6, 6.07) is 3.47. The van der Waals surface area contributed by atoms with Crippen molar-refractivity contribution in [2.45, 2.75) is 13.5 Å². The Bertz CT molecular complexity index is 450. The summed E-state index contributed by atoms with van der Waals surface area (Å²) in [5.74, 6) is 0.944. The molecule has 0 spiro atoms. The minimum atomic E-state index is -3.45. The standard InChI is InChI=1S/C8H12N2O3S2/c1-6-2-3-7(13-6)4-10-15(11,12)5-8(9)14/h2-3,10H,4-5H2,1H3,(H2,9,14). The first-order valence-corrected chi connectivity index (χ1v) is 6.26. The smallest absolute Gasteiger partial charge is 0.218 e. The van der Waals surface area contributed by atoms with Gasteiger partial charge in [0.15, 0.2) is 0 Å². The number of nitrogens with two attached hydrogens (primary N) is 1. The number of hydrogen-bond donors (Lipinski definition) is 2. The van der Waals surface area contributed by atoms with Crippen molar-refractivity contribution in [2.75, 3.05) is 5.75 Å². The molecule has 1 aromatic rings. The van der Waals surface area contributed by atoms with E-state index >= 15 is 0 Å². The van der Waals surface area contributed by atoms with Crippen LogP contribution in [0.4, 0.5) is 0 Å². The van der Waals surface area contributed by atoms with E-state index in [9.17, 15) is 8.42 Å². The van der Waals surface area contributed by atoms with Crippen LogP contribution in [0.2, 0.25) is 0 Å². The Labute approximate surface area is 93.7 Å². The second-order valence-electron chi connectivity index (χ2n) is 3.06. The molecule has 15 heavy (non-hydrogen) atoms. The van der Waals surface area contributed by atoms with Crippen molar-refractivity contribution in [3.63, 3.8) is 0 Å². The molecule has 0 amide bonds. The first kappa shape index (κ1) is 12.2. The third-order valence-corrected chi connectivity index (χ3v) is 3.20. The molecule has 3 N–H and O–H groups in total. The molecule has 0 saturated heterocycles. The van der Waals surface area contributed by atoms with Crippen LogP contribution in [-0.2, 0) is 16.6 Å². The minimum Gasteiger partial charge on any atom is -0.465 e. The van der Waals surface area contributed by atoms with E-state index in [1.54, 1.807) is 19.1 Å². The number of rotatable bonds is 5. The van der Waals surface area contributed by atoms with Gasteiger partial charge in [0.1, 0.15) is 17.3 Å². The fourth-order valence-electron chi connectivity index (χ4n) is 1.000. The van der Waals surface area contributed by atoms with Crippen LogP contribution in [0, 0.1) is 6.92 Å². The van der Waals surface area contributed by atoms with Gasteiger partial charge in [-0.05, 0) is 19.1 Å². The quantitative estimate of drug-likeness (QED) is 0.732. The van der Waals surface area contributed by atoms with Crippen molar-refractivity contribution >= 4 is 27.2 Å². The van der Waals surface area contributed by atoms with Crippen LogP contribution in [0.5, 0.6) is 0 Å². The van der Waals surface area contributed by atoms with Crippen LogP contribution in [-0.4, -0.2) is 19.2 Å². The molecule has 1 aromatic heterocycles. The fourth-order valence-corrected chi connectivity index (χ4v) is 2.30. The molecule has 5 nitrogen and oxygen atoms in total. The molecule has 0 aliphatic heterocycles. The van der Waals surface area contributed by atoms with Gasteiger partial charge in [0, 0.05) is 0 Å². The summed E-state index contributed by atoms with van der Waals surface area (Å²) >= 11 is 4.51. The highest BCUT2D eigenvalue weighted by atomic mass is 32.2. The van der Waals surface area contributed by atoms with E-state index in [-0.39, 0.29) is 17.3 Å². The van der Waals surface area contributed by atoms with Gasteiger partial charge in [0.25, 0.3) is 0 Å². The highest BCUT2D eigenvalue weighted by Crippen LogP contribution is 2.05. The molecule has 0 radical (unpaired) electrons. The van der Waals surface area contributed by atoms with Crippen LogP contribution in [0.3, 0.4) is 0 Å². The number of aryl methyl sites for hydroxylation is 1. The van der Waals surface area contributed by atoms with E-state index < -0.39 is 10.0 Å². The van der Waals surface area contributed by atoms with Gasteiger partial charge in [0.2, 0.25) is 10.0 Å². The van der Waals surface area contributed by atoms with Crippen LogP contribution >= 0.6 is 12.2 Å². The van der Waals surface area contributed by atoms with Crippen LogP contribution in [0.15, 0.2) is 16.5 Å². The van der Waals surface area contributed by atoms with Gasteiger partial charge < -0.3 is 10.2 Å². The van der Waals surface area contributed by atoms with E-state index in [4.69, 9.17) is 10.2 Å². The van der Waals surface area contributed by atoms with Crippen LogP contribution < -0.4 is 10.5 Å². The Balaban J connectivity index is 2.53. The Morgan fingerprint density at radius 3 is 2.73 bits per heavy atom. The molecular formula is C8H12N2O3S2. The Kier molecular flexibility index (Phi) is 3.83. The average molecular weight is 248 g/mol. The largest absolute Gasteiger partial charge is 0.465 e. The summed E-state index contributed by atoms with van der Waals surface area (Å²) in [7, 11) is -3.45. The van der Waals surface area contributed by atoms with Crippen LogP contribution in [0.25, 0.3) is 0 Å². The van der Waals surface area contributed by atoms with Crippen molar-refractivity contribution in [3.8, 4) is 0 Å². The Morgan fingerprint density at radius 2 is 2.27 bits per heavy atom. The Morgan fingerprint density at radius 1 is 1.60 bits per heavy atom. The summed E-state index contributed by atoms with van der Waals surface area (Å²) in [4.78, 5) is -0.0573. The molecule has 0 aliphatic carbocycles. The van der Waals surface area contributed by atoms with E-state index in [0.717, 1.165) is 5.76 Å². The molecule has 0 unspecified atom stereocenters. The van der Waals surface area contributed by atoms with Gasteiger partial charge in [-0.25, -0.2) is 13.1 Å². The molecular weight excluding hydrogens is 236 g/mol. The van der Waals surface area contributed by atoms with Crippen LogP contribution in [0.1, 0.15) is 11.5 Å². The number of thiocarbonyl (C=S) groups is 1. The molecule has 0 saturated carbocycles. The van der Waals surface area contributed by atoms with Crippen molar-refractivity contribution in [3.05, 3.63) is 23.7 Å². The topological polar surface area (TPSA) is 85.3 Å². The lowest BCUT2D eigenvalue weighted by molar-refractivity contribution is 0.476. The van der Waals surface area contributed by atoms with Gasteiger partial charge in [-0.15, -0.1) is 0 Å². The summed E-state index contributed by atoms with van der Waals surface area (Å²) in [6.45, 7) is 1.89. The number of hydrogen-bond acceptors (Lipinski definition) is 4.